The van der Waals surface area contributed by atoms with Crippen molar-refractivity contribution in [3.63, 3.8) is 0 Å². The second-order valence-corrected chi connectivity index (χ2v) is 4.09. The van der Waals surface area contributed by atoms with Crippen LogP contribution in [0.1, 0.15) is 0 Å². The third kappa shape index (κ3) is 1.67. The molecule has 4 heteroatoms. The molecule has 0 N–H and O–H groups in total. The van der Waals surface area contributed by atoms with Crippen molar-refractivity contribution in [2.75, 3.05) is 0 Å². The highest BCUT2D eigenvalue weighted by molar-refractivity contribution is 9.11. The summed E-state index contributed by atoms with van der Waals surface area (Å²) in [6.07, 6.45) is 0. The summed E-state index contributed by atoms with van der Waals surface area (Å²) in [5.41, 5.74) is 0. The van der Waals surface area contributed by atoms with E-state index >= 15 is 0 Å². The van der Waals surface area contributed by atoms with E-state index < -0.39 is 0 Å². The van der Waals surface area contributed by atoms with Gasteiger partial charge < -0.3 is 0 Å². The lowest BCUT2D eigenvalue weighted by Crippen LogP contribution is -1.72. The molecule has 0 radical (unpaired) electrons. The van der Waals surface area contributed by atoms with Gasteiger partial charge in [-0.25, -0.2) is 0 Å². The highest BCUT2D eigenvalue weighted by Crippen LogP contribution is 2.35. The van der Waals surface area contributed by atoms with Crippen LogP contribution < -0.4 is 0 Å². The Morgan fingerprint density at radius 1 is 1.10 bits per heavy atom. The summed E-state index contributed by atoms with van der Waals surface area (Å²) in [4.78, 5) is 0. The smallest absolute Gasteiger partial charge is 0.0705 e. The average Bonchev–Trinajstić information content (AvgIpc) is 1.93. The van der Waals surface area contributed by atoms with E-state index in [1.54, 1.807) is 12.1 Å². The molecule has 0 nitrogen and oxygen atoms in total. The summed E-state index contributed by atoms with van der Waals surface area (Å²) in [6.45, 7) is 0. The van der Waals surface area contributed by atoms with Gasteiger partial charge in [0.1, 0.15) is 0 Å². The van der Waals surface area contributed by atoms with Crippen molar-refractivity contribution in [3.05, 3.63) is 31.1 Å². The van der Waals surface area contributed by atoms with Crippen molar-refractivity contribution >= 4 is 55.1 Å². The molecule has 0 saturated carbocycles. The molecule has 0 bridgehead atoms. The molecule has 1 aromatic carbocycles. The molecular formula is C6H2Br2Cl2. The lowest BCUT2D eigenvalue weighted by Gasteiger charge is -1.99. The van der Waals surface area contributed by atoms with Crippen molar-refractivity contribution in [2.45, 2.75) is 0 Å². The molecule has 1 aromatic rings. The predicted molar refractivity (Wildman–Crippen MR) is 51.9 cm³/mol. The molecule has 0 aliphatic rings. The fourth-order valence-corrected chi connectivity index (χ4v) is 1.82. The summed E-state index contributed by atoms with van der Waals surface area (Å²) in [5, 5.41) is 1.22. The number of hydrogen-bond donors (Lipinski definition) is 0. The molecular weight excluding hydrogens is 303 g/mol. The van der Waals surface area contributed by atoms with Crippen LogP contribution in [0.4, 0.5) is 0 Å². The number of rotatable bonds is 0. The minimum atomic E-state index is 0.604. The van der Waals surface area contributed by atoms with Gasteiger partial charge in [-0.15, -0.1) is 0 Å². The van der Waals surface area contributed by atoms with Gasteiger partial charge in [-0.2, -0.15) is 0 Å². The quantitative estimate of drug-likeness (QED) is 0.488. The molecule has 0 spiro atoms. The minimum Gasteiger partial charge on any atom is -0.0830 e. The normalized spacial score (nSPS) is 10.0. The van der Waals surface area contributed by atoms with Crippen molar-refractivity contribution < 1.29 is 0 Å². The molecule has 10 heavy (non-hydrogen) atoms. The van der Waals surface area contributed by atoms with Crippen molar-refractivity contribution in [3.8, 4) is 0 Å². The zero-order valence-corrected chi connectivity index (χ0v) is 9.35. The molecule has 0 aliphatic heterocycles. The van der Waals surface area contributed by atoms with Crippen LogP contribution in [0.5, 0.6) is 0 Å². The molecule has 0 atom stereocenters. The zero-order chi connectivity index (χ0) is 7.72. The first kappa shape index (κ1) is 8.85. The lowest BCUT2D eigenvalue weighted by molar-refractivity contribution is 1.60. The van der Waals surface area contributed by atoms with E-state index in [2.05, 4.69) is 31.9 Å². The van der Waals surface area contributed by atoms with Gasteiger partial charge in [-0.05, 0) is 44.0 Å². The van der Waals surface area contributed by atoms with Crippen LogP contribution in [-0.2, 0) is 0 Å². The van der Waals surface area contributed by atoms with Crippen LogP contribution in [-0.4, -0.2) is 0 Å². The fourth-order valence-electron chi connectivity index (χ4n) is 0.502. The molecule has 0 unspecified atom stereocenters. The van der Waals surface area contributed by atoms with Crippen molar-refractivity contribution in [1.82, 2.24) is 0 Å². The Labute approximate surface area is 85.8 Å². The highest BCUT2D eigenvalue weighted by atomic mass is 79.9. The standard InChI is InChI=1S/C6H2Br2Cl2/c7-3-1-2-4(9)5(8)6(3)10/h1-2H. The highest BCUT2D eigenvalue weighted by Gasteiger charge is 2.04. The first-order valence-electron chi connectivity index (χ1n) is 2.42. The summed E-state index contributed by atoms with van der Waals surface area (Å²) in [6, 6.07) is 3.57. The maximum atomic E-state index is 5.80. The Bertz CT molecular complexity index is 233. The first-order valence-corrected chi connectivity index (χ1v) is 4.76. The van der Waals surface area contributed by atoms with Crippen LogP contribution in [0.15, 0.2) is 21.1 Å². The van der Waals surface area contributed by atoms with Gasteiger partial charge in [0.2, 0.25) is 0 Å². The Balaban J connectivity index is 3.34. The summed E-state index contributed by atoms with van der Waals surface area (Å²) < 4.78 is 1.57. The largest absolute Gasteiger partial charge is 0.0830 e. The van der Waals surface area contributed by atoms with Crippen LogP contribution in [0.25, 0.3) is 0 Å². The van der Waals surface area contributed by atoms with Crippen LogP contribution in [0.3, 0.4) is 0 Å². The van der Waals surface area contributed by atoms with E-state index in [1.807, 2.05) is 0 Å². The third-order valence-corrected chi connectivity index (χ3v) is 3.86. The zero-order valence-electron chi connectivity index (χ0n) is 4.67. The van der Waals surface area contributed by atoms with E-state index in [4.69, 9.17) is 23.2 Å². The lowest BCUT2D eigenvalue weighted by atomic mass is 10.4. The van der Waals surface area contributed by atoms with Crippen LogP contribution in [0, 0.1) is 0 Å². The summed E-state index contributed by atoms with van der Waals surface area (Å²) in [7, 11) is 0. The Morgan fingerprint density at radius 3 is 2.20 bits per heavy atom. The Kier molecular flexibility index (Phi) is 3.04. The third-order valence-electron chi connectivity index (χ3n) is 0.988. The van der Waals surface area contributed by atoms with Crippen LogP contribution in [0.2, 0.25) is 10.0 Å². The maximum absolute atomic E-state index is 5.80. The van der Waals surface area contributed by atoms with Gasteiger partial charge in [0.25, 0.3) is 0 Å². The number of halogens is 4. The molecule has 0 heterocycles. The van der Waals surface area contributed by atoms with Crippen molar-refractivity contribution in [1.29, 1.82) is 0 Å². The molecule has 1 rings (SSSR count). The first-order chi connectivity index (χ1) is 4.63. The summed E-state index contributed by atoms with van der Waals surface area (Å²) >= 11 is 18.0. The number of hydrogen-bond acceptors (Lipinski definition) is 0. The van der Waals surface area contributed by atoms with E-state index in [1.165, 1.54) is 0 Å². The van der Waals surface area contributed by atoms with E-state index in [9.17, 15) is 0 Å². The van der Waals surface area contributed by atoms with Gasteiger partial charge in [0, 0.05) is 4.47 Å². The average molecular weight is 305 g/mol. The molecule has 0 aliphatic carbocycles. The second-order valence-electron chi connectivity index (χ2n) is 1.66. The van der Waals surface area contributed by atoms with Crippen LogP contribution >= 0.6 is 55.1 Å². The van der Waals surface area contributed by atoms with Crippen molar-refractivity contribution in [2.24, 2.45) is 0 Å². The topological polar surface area (TPSA) is 0 Å². The fraction of sp³-hybridized carbons (Fsp3) is 0. The predicted octanol–water partition coefficient (Wildman–Crippen LogP) is 4.52. The van der Waals surface area contributed by atoms with Gasteiger partial charge in [-0.3, -0.25) is 0 Å². The molecule has 0 aromatic heterocycles. The molecule has 54 valence electrons. The minimum absolute atomic E-state index is 0.604. The van der Waals surface area contributed by atoms with Gasteiger partial charge in [0.05, 0.1) is 14.5 Å². The number of benzene rings is 1. The molecule has 0 fully saturated rings. The maximum Gasteiger partial charge on any atom is 0.0705 e. The second kappa shape index (κ2) is 3.44. The molecule has 0 amide bonds. The Hall–Kier alpha value is 0.760. The summed E-state index contributed by atoms with van der Waals surface area (Å²) in [5.74, 6) is 0. The van der Waals surface area contributed by atoms with Gasteiger partial charge in [0.15, 0.2) is 0 Å². The SMILES string of the molecule is Clc1ccc(Br)c(Cl)c1Br. The Morgan fingerprint density at radius 2 is 1.70 bits per heavy atom. The van der Waals surface area contributed by atoms with Gasteiger partial charge >= 0.3 is 0 Å². The molecule has 0 saturated heterocycles. The van der Waals surface area contributed by atoms with E-state index in [0.29, 0.717) is 10.0 Å². The van der Waals surface area contributed by atoms with E-state index in [0.717, 1.165) is 8.95 Å². The van der Waals surface area contributed by atoms with E-state index in [-0.39, 0.29) is 0 Å². The van der Waals surface area contributed by atoms with Gasteiger partial charge in [-0.1, -0.05) is 23.2 Å². The monoisotopic (exact) mass is 302 g/mol.